The van der Waals surface area contributed by atoms with E-state index in [1.165, 1.54) is 43.9 Å². The number of nitrogens with two attached hydrogens (primary N) is 1. The fraction of sp³-hybridized carbons (Fsp3) is 0.500. The van der Waals surface area contributed by atoms with E-state index in [-0.39, 0.29) is 5.82 Å². The lowest BCUT2D eigenvalue weighted by molar-refractivity contribution is 0.413. The molecule has 4 nitrogen and oxygen atoms in total. The van der Waals surface area contributed by atoms with E-state index in [1.807, 2.05) is 6.07 Å². The van der Waals surface area contributed by atoms with E-state index < -0.39 is 0 Å². The van der Waals surface area contributed by atoms with Crippen LogP contribution in [0, 0.1) is 5.82 Å². The molecule has 1 unspecified atom stereocenters. The largest absolute Gasteiger partial charge is 0.382 e. The number of nitrogen functional groups attached to an aromatic ring is 1. The second-order valence-electron chi connectivity index (χ2n) is 7.28. The van der Waals surface area contributed by atoms with Crippen molar-refractivity contribution in [3.05, 3.63) is 41.5 Å². The maximum absolute atomic E-state index is 15.4. The van der Waals surface area contributed by atoms with E-state index in [0.717, 1.165) is 24.9 Å². The Morgan fingerprint density at radius 2 is 2.00 bits per heavy atom. The standard InChI is InChI=1S/C20H25FN4/c21-20-16(7-6-14-5-2-10-23-14)15(13-3-1-4-13)8-9-17(20)18-11-25-19(22)12-24-18/h8-9,11-14,23H,1-7,10H2,(H2,22,25). The molecule has 1 aromatic heterocycles. The zero-order valence-corrected chi connectivity index (χ0v) is 14.5. The average Bonchev–Trinajstić information content (AvgIpc) is 3.07. The maximum atomic E-state index is 15.4. The minimum Gasteiger partial charge on any atom is -0.382 e. The van der Waals surface area contributed by atoms with Crippen molar-refractivity contribution in [3.63, 3.8) is 0 Å². The Kier molecular flexibility index (Phi) is 4.66. The molecule has 4 rings (SSSR count). The lowest BCUT2D eigenvalue weighted by Crippen LogP contribution is -2.22. The minimum atomic E-state index is -0.124. The molecule has 0 amide bonds. The Morgan fingerprint density at radius 3 is 2.64 bits per heavy atom. The van der Waals surface area contributed by atoms with Gasteiger partial charge in [-0.2, -0.15) is 0 Å². The fourth-order valence-corrected chi connectivity index (χ4v) is 3.99. The fourth-order valence-electron chi connectivity index (χ4n) is 3.99. The van der Waals surface area contributed by atoms with Crippen molar-refractivity contribution < 1.29 is 4.39 Å². The van der Waals surface area contributed by atoms with Crippen LogP contribution in [0.1, 0.15) is 55.6 Å². The van der Waals surface area contributed by atoms with Gasteiger partial charge in [-0.3, -0.25) is 4.98 Å². The normalized spacial score (nSPS) is 20.6. The highest BCUT2D eigenvalue weighted by Crippen LogP contribution is 2.40. The van der Waals surface area contributed by atoms with Crippen LogP contribution in [-0.2, 0) is 6.42 Å². The number of halogens is 1. The van der Waals surface area contributed by atoms with Crippen molar-refractivity contribution in [1.82, 2.24) is 15.3 Å². The molecule has 0 bridgehead atoms. The molecular weight excluding hydrogens is 315 g/mol. The van der Waals surface area contributed by atoms with Crippen LogP contribution in [0.15, 0.2) is 24.5 Å². The molecule has 2 aromatic rings. The molecule has 1 saturated heterocycles. The van der Waals surface area contributed by atoms with Gasteiger partial charge in [0.15, 0.2) is 0 Å². The van der Waals surface area contributed by atoms with Crippen LogP contribution < -0.4 is 11.1 Å². The van der Waals surface area contributed by atoms with E-state index in [4.69, 9.17) is 5.73 Å². The third kappa shape index (κ3) is 3.38. The van der Waals surface area contributed by atoms with Gasteiger partial charge < -0.3 is 11.1 Å². The molecule has 3 N–H and O–H groups in total. The van der Waals surface area contributed by atoms with Gasteiger partial charge in [0.05, 0.1) is 18.1 Å². The molecule has 25 heavy (non-hydrogen) atoms. The summed E-state index contributed by atoms with van der Waals surface area (Å²) >= 11 is 0. The molecular formula is C20H25FN4. The summed E-state index contributed by atoms with van der Waals surface area (Å²) in [6.45, 7) is 1.09. The van der Waals surface area contributed by atoms with Gasteiger partial charge >= 0.3 is 0 Å². The van der Waals surface area contributed by atoms with E-state index in [1.54, 1.807) is 6.20 Å². The summed E-state index contributed by atoms with van der Waals surface area (Å²) in [7, 11) is 0. The molecule has 1 aromatic carbocycles. The predicted molar refractivity (Wildman–Crippen MR) is 97.8 cm³/mol. The zero-order valence-electron chi connectivity index (χ0n) is 14.5. The van der Waals surface area contributed by atoms with E-state index in [0.29, 0.717) is 29.0 Å². The summed E-state index contributed by atoms with van der Waals surface area (Å²) in [5, 5.41) is 3.52. The van der Waals surface area contributed by atoms with Gasteiger partial charge in [0.25, 0.3) is 0 Å². The van der Waals surface area contributed by atoms with Gasteiger partial charge in [0, 0.05) is 11.6 Å². The second-order valence-corrected chi connectivity index (χ2v) is 7.28. The van der Waals surface area contributed by atoms with Crippen LogP contribution in [0.5, 0.6) is 0 Å². The Hall–Kier alpha value is -2.01. The first-order chi connectivity index (χ1) is 12.2. The SMILES string of the molecule is Nc1cnc(-c2ccc(C3CCC3)c(CCC3CCCN3)c2F)cn1. The van der Waals surface area contributed by atoms with E-state index in [2.05, 4.69) is 21.4 Å². The van der Waals surface area contributed by atoms with Crippen LogP contribution >= 0.6 is 0 Å². The third-order valence-electron chi connectivity index (χ3n) is 5.68. The number of hydrogen-bond donors (Lipinski definition) is 2. The topological polar surface area (TPSA) is 63.8 Å². The number of benzene rings is 1. The summed E-state index contributed by atoms with van der Waals surface area (Å²) in [6, 6.07) is 4.49. The van der Waals surface area contributed by atoms with Crippen LogP contribution in [0.25, 0.3) is 11.3 Å². The molecule has 0 spiro atoms. The van der Waals surface area contributed by atoms with Gasteiger partial charge in [-0.05, 0) is 68.2 Å². The number of anilines is 1. The number of nitrogens with one attached hydrogen (secondary N) is 1. The van der Waals surface area contributed by atoms with Crippen molar-refractivity contribution in [2.75, 3.05) is 12.3 Å². The van der Waals surface area contributed by atoms with Gasteiger partial charge in [0.2, 0.25) is 0 Å². The van der Waals surface area contributed by atoms with Crippen molar-refractivity contribution in [2.24, 2.45) is 0 Å². The summed E-state index contributed by atoms with van der Waals surface area (Å²) in [4.78, 5) is 8.32. The lowest BCUT2D eigenvalue weighted by atomic mass is 9.76. The molecule has 5 heteroatoms. The molecule has 1 atom stereocenters. The van der Waals surface area contributed by atoms with Crippen molar-refractivity contribution in [2.45, 2.75) is 56.9 Å². The van der Waals surface area contributed by atoms with Crippen molar-refractivity contribution >= 4 is 5.82 Å². The first-order valence-corrected chi connectivity index (χ1v) is 9.35. The number of aromatic nitrogens is 2. The Labute approximate surface area is 148 Å². The summed E-state index contributed by atoms with van der Waals surface area (Å²) < 4.78 is 15.4. The smallest absolute Gasteiger partial charge is 0.141 e. The van der Waals surface area contributed by atoms with Gasteiger partial charge in [-0.15, -0.1) is 0 Å². The average molecular weight is 340 g/mol. The number of rotatable bonds is 5. The third-order valence-corrected chi connectivity index (χ3v) is 5.68. The summed E-state index contributed by atoms with van der Waals surface area (Å²) in [6.07, 6.45) is 10.8. The predicted octanol–water partition coefficient (Wildman–Crippen LogP) is 3.82. The molecule has 2 heterocycles. The van der Waals surface area contributed by atoms with Gasteiger partial charge in [0.1, 0.15) is 11.6 Å². The highest BCUT2D eigenvalue weighted by molar-refractivity contribution is 5.62. The van der Waals surface area contributed by atoms with Crippen molar-refractivity contribution in [3.8, 4) is 11.3 Å². The molecule has 0 radical (unpaired) electrons. The van der Waals surface area contributed by atoms with E-state index >= 15 is 4.39 Å². The number of nitrogens with zero attached hydrogens (tertiary/aromatic N) is 2. The highest BCUT2D eigenvalue weighted by Gasteiger charge is 2.26. The molecule has 1 aliphatic carbocycles. The quantitative estimate of drug-likeness (QED) is 0.868. The van der Waals surface area contributed by atoms with Crippen LogP contribution in [0.4, 0.5) is 10.2 Å². The van der Waals surface area contributed by atoms with Gasteiger partial charge in [-0.1, -0.05) is 12.5 Å². The second kappa shape index (κ2) is 7.08. The maximum Gasteiger partial charge on any atom is 0.141 e. The molecule has 2 aliphatic rings. The molecule has 1 saturated carbocycles. The minimum absolute atomic E-state index is 0.124. The monoisotopic (exact) mass is 340 g/mol. The Balaban J connectivity index is 1.66. The molecule has 132 valence electrons. The first-order valence-electron chi connectivity index (χ1n) is 9.35. The summed E-state index contributed by atoms with van der Waals surface area (Å²) in [5.74, 6) is 0.747. The zero-order chi connectivity index (χ0) is 17.2. The highest BCUT2D eigenvalue weighted by atomic mass is 19.1. The van der Waals surface area contributed by atoms with Crippen LogP contribution in [0.3, 0.4) is 0 Å². The van der Waals surface area contributed by atoms with Crippen LogP contribution in [0.2, 0.25) is 0 Å². The Bertz CT molecular complexity index is 734. The lowest BCUT2D eigenvalue weighted by Gasteiger charge is -2.29. The molecule has 2 fully saturated rings. The van der Waals surface area contributed by atoms with Crippen LogP contribution in [-0.4, -0.2) is 22.6 Å². The first kappa shape index (κ1) is 16.5. The number of hydrogen-bond acceptors (Lipinski definition) is 4. The van der Waals surface area contributed by atoms with Gasteiger partial charge in [-0.25, -0.2) is 9.37 Å². The summed E-state index contributed by atoms with van der Waals surface area (Å²) in [5.41, 5.74) is 8.77. The Morgan fingerprint density at radius 1 is 1.12 bits per heavy atom. The van der Waals surface area contributed by atoms with E-state index in [9.17, 15) is 0 Å². The van der Waals surface area contributed by atoms with Crippen molar-refractivity contribution in [1.29, 1.82) is 0 Å². The molecule has 1 aliphatic heterocycles.